The molecule has 0 spiro atoms. The number of halogens is 1. The molecular weight excluding hydrogens is 206 g/mol. The Morgan fingerprint density at radius 3 is 2.79 bits per heavy atom. The zero-order valence-corrected chi connectivity index (χ0v) is 8.78. The minimum absolute atomic E-state index is 0.210. The number of nitrogens with one attached hydrogen (secondary N) is 1. The number of anilines is 1. The molecule has 6 heteroatoms. The van der Waals surface area contributed by atoms with Gasteiger partial charge in [0.15, 0.2) is 6.29 Å². The topological polar surface area (TPSA) is 56.3 Å². The monoisotopic (exact) mass is 217 g/mol. The van der Waals surface area contributed by atoms with Crippen molar-refractivity contribution in [3.63, 3.8) is 0 Å². The molecule has 0 aliphatic rings. The van der Waals surface area contributed by atoms with E-state index in [2.05, 4.69) is 15.3 Å². The van der Waals surface area contributed by atoms with E-state index >= 15 is 0 Å². The number of aromatic nitrogens is 2. The van der Waals surface area contributed by atoms with Crippen molar-refractivity contribution in [1.29, 1.82) is 0 Å². The largest absolute Gasteiger partial charge is 0.365 e. The van der Waals surface area contributed by atoms with Gasteiger partial charge in [-0.15, -0.1) is 0 Å². The quantitative estimate of drug-likeness (QED) is 0.593. The van der Waals surface area contributed by atoms with Crippen LogP contribution < -0.4 is 5.32 Å². The molecule has 0 radical (unpaired) electrons. The summed E-state index contributed by atoms with van der Waals surface area (Å²) < 4.78 is 9.98. The molecule has 1 aromatic rings. The normalized spacial score (nSPS) is 10.6. The van der Waals surface area contributed by atoms with Crippen LogP contribution in [0.25, 0.3) is 0 Å². The maximum atomic E-state index is 5.60. The van der Waals surface area contributed by atoms with Crippen LogP contribution in [0.1, 0.15) is 0 Å². The minimum atomic E-state index is -0.302. The Balaban J connectivity index is 2.44. The van der Waals surface area contributed by atoms with Gasteiger partial charge in [0.2, 0.25) is 5.28 Å². The minimum Gasteiger partial charge on any atom is -0.365 e. The van der Waals surface area contributed by atoms with Crippen LogP contribution in [-0.4, -0.2) is 37.0 Å². The number of hydrogen-bond donors (Lipinski definition) is 1. The first-order valence-electron chi connectivity index (χ1n) is 4.04. The molecule has 0 fully saturated rings. The van der Waals surface area contributed by atoms with Crippen molar-refractivity contribution in [3.05, 3.63) is 17.5 Å². The van der Waals surface area contributed by atoms with Gasteiger partial charge in [-0.05, 0) is 17.7 Å². The third-order valence-electron chi connectivity index (χ3n) is 1.60. The summed E-state index contributed by atoms with van der Waals surface area (Å²) in [6.45, 7) is 0.500. The van der Waals surface area contributed by atoms with E-state index < -0.39 is 0 Å². The Bertz CT molecular complexity index is 281. The molecule has 0 aromatic carbocycles. The number of hydrogen-bond acceptors (Lipinski definition) is 5. The van der Waals surface area contributed by atoms with Gasteiger partial charge in [0.25, 0.3) is 0 Å². The molecule has 0 aliphatic carbocycles. The molecule has 0 saturated carbocycles. The van der Waals surface area contributed by atoms with Crippen LogP contribution in [-0.2, 0) is 9.47 Å². The highest BCUT2D eigenvalue weighted by molar-refractivity contribution is 6.28. The SMILES string of the molecule is COC(CNc1ccnc(Cl)n1)OC. The van der Waals surface area contributed by atoms with Crippen molar-refractivity contribution in [2.45, 2.75) is 6.29 Å². The van der Waals surface area contributed by atoms with Gasteiger partial charge in [0.05, 0.1) is 6.54 Å². The first kappa shape index (κ1) is 11.2. The van der Waals surface area contributed by atoms with Gasteiger partial charge in [-0.3, -0.25) is 0 Å². The van der Waals surface area contributed by atoms with Crippen molar-refractivity contribution < 1.29 is 9.47 Å². The summed E-state index contributed by atoms with van der Waals surface area (Å²) in [6, 6.07) is 1.72. The van der Waals surface area contributed by atoms with Gasteiger partial charge in [0.1, 0.15) is 5.82 Å². The van der Waals surface area contributed by atoms with Crippen LogP contribution in [0.15, 0.2) is 12.3 Å². The summed E-state index contributed by atoms with van der Waals surface area (Å²) in [4.78, 5) is 7.70. The smallest absolute Gasteiger partial charge is 0.224 e. The van der Waals surface area contributed by atoms with E-state index in [9.17, 15) is 0 Å². The van der Waals surface area contributed by atoms with Crippen molar-refractivity contribution in [3.8, 4) is 0 Å². The summed E-state index contributed by atoms with van der Waals surface area (Å²) in [7, 11) is 3.14. The lowest BCUT2D eigenvalue weighted by atomic mass is 10.5. The van der Waals surface area contributed by atoms with Crippen LogP contribution >= 0.6 is 11.6 Å². The van der Waals surface area contributed by atoms with E-state index in [0.29, 0.717) is 12.4 Å². The number of nitrogens with zero attached hydrogens (tertiary/aromatic N) is 2. The number of rotatable bonds is 5. The number of ether oxygens (including phenoxy) is 2. The predicted octanol–water partition coefficient (Wildman–Crippen LogP) is 1.16. The molecule has 0 bridgehead atoms. The average molecular weight is 218 g/mol. The summed E-state index contributed by atoms with van der Waals surface area (Å²) in [5.41, 5.74) is 0. The molecule has 0 aliphatic heterocycles. The van der Waals surface area contributed by atoms with E-state index in [4.69, 9.17) is 21.1 Å². The first-order valence-corrected chi connectivity index (χ1v) is 4.42. The van der Waals surface area contributed by atoms with Crippen LogP contribution in [0.2, 0.25) is 5.28 Å². The van der Waals surface area contributed by atoms with Gasteiger partial charge in [-0.1, -0.05) is 0 Å². The van der Waals surface area contributed by atoms with Gasteiger partial charge < -0.3 is 14.8 Å². The van der Waals surface area contributed by atoms with E-state index in [1.54, 1.807) is 26.5 Å². The Kier molecular flexibility index (Phi) is 4.58. The highest BCUT2D eigenvalue weighted by Crippen LogP contribution is 2.05. The molecule has 1 aromatic heterocycles. The summed E-state index contributed by atoms with van der Waals surface area (Å²) >= 11 is 5.60. The Hall–Kier alpha value is -0.910. The molecule has 0 saturated heterocycles. The molecular formula is C8H12ClN3O2. The zero-order chi connectivity index (χ0) is 10.4. The van der Waals surface area contributed by atoms with E-state index in [1.165, 1.54) is 0 Å². The zero-order valence-electron chi connectivity index (χ0n) is 8.03. The fourth-order valence-corrected chi connectivity index (χ4v) is 1.03. The van der Waals surface area contributed by atoms with Crippen molar-refractivity contribution >= 4 is 17.4 Å². The Morgan fingerprint density at radius 1 is 1.50 bits per heavy atom. The van der Waals surface area contributed by atoms with E-state index in [-0.39, 0.29) is 11.6 Å². The highest BCUT2D eigenvalue weighted by atomic mass is 35.5. The standard InChI is InChI=1S/C8H12ClN3O2/c1-13-7(14-2)5-11-6-3-4-10-8(9)12-6/h3-4,7H,5H2,1-2H3,(H,10,11,12). The molecule has 1 N–H and O–H groups in total. The van der Waals surface area contributed by atoms with Crippen molar-refractivity contribution in [1.82, 2.24) is 9.97 Å². The lowest BCUT2D eigenvalue weighted by Crippen LogP contribution is -2.23. The van der Waals surface area contributed by atoms with Gasteiger partial charge in [-0.2, -0.15) is 0 Å². The van der Waals surface area contributed by atoms with Crippen LogP contribution in [0.3, 0.4) is 0 Å². The maximum Gasteiger partial charge on any atom is 0.224 e. The Labute approximate surface area is 87.4 Å². The van der Waals surface area contributed by atoms with Crippen LogP contribution in [0, 0.1) is 0 Å². The molecule has 5 nitrogen and oxygen atoms in total. The molecule has 14 heavy (non-hydrogen) atoms. The lowest BCUT2D eigenvalue weighted by Gasteiger charge is -2.14. The second-order valence-corrected chi connectivity index (χ2v) is 2.83. The van der Waals surface area contributed by atoms with E-state index in [0.717, 1.165) is 0 Å². The molecule has 1 heterocycles. The molecule has 0 amide bonds. The molecule has 0 unspecified atom stereocenters. The fraction of sp³-hybridized carbons (Fsp3) is 0.500. The molecule has 1 rings (SSSR count). The lowest BCUT2D eigenvalue weighted by molar-refractivity contribution is -0.0914. The first-order chi connectivity index (χ1) is 6.76. The van der Waals surface area contributed by atoms with Gasteiger partial charge >= 0.3 is 0 Å². The molecule has 0 atom stereocenters. The van der Waals surface area contributed by atoms with Crippen molar-refractivity contribution in [2.24, 2.45) is 0 Å². The number of methoxy groups -OCH3 is 2. The van der Waals surface area contributed by atoms with Crippen LogP contribution in [0.5, 0.6) is 0 Å². The fourth-order valence-electron chi connectivity index (χ4n) is 0.884. The Morgan fingerprint density at radius 2 is 2.21 bits per heavy atom. The average Bonchev–Trinajstić information content (AvgIpc) is 2.19. The second kappa shape index (κ2) is 5.74. The maximum absolute atomic E-state index is 5.60. The second-order valence-electron chi connectivity index (χ2n) is 2.49. The molecule has 78 valence electrons. The summed E-state index contributed by atoms with van der Waals surface area (Å²) in [5, 5.41) is 3.21. The predicted molar refractivity (Wildman–Crippen MR) is 53.3 cm³/mol. The van der Waals surface area contributed by atoms with Gasteiger partial charge in [0, 0.05) is 20.4 Å². The van der Waals surface area contributed by atoms with Crippen molar-refractivity contribution in [2.75, 3.05) is 26.1 Å². The third-order valence-corrected chi connectivity index (χ3v) is 1.78. The summed E-state index contributed by atoms with van der Waals surface area (Å²) in [5.74, 6) is 0.643. The third kappa shape index (κ3) is 3.45. The highest BCUT2D eigenvalue weighted by Gasteiger charge is 2.04. The summed E-state index contributed by atoms with van der Waals surface area (Å²) in [6.07, 6.45) is 1.27. The van der Waals surface area contributed by atoms with Gasteiger partial charge in [-0.25, -0.2) is 9.97 Å². The van der Waals surface area contributed by atoms with Crippen LogP contribution in [0.4, 0.5) is 5.82 Å². The van der Waals surface area contributed by atoms with E-state index in [1.807, 2.05) is 0 Å².